The third-order valence-electron chi connectivity index (χ3n) is 3.81. The normalized spacial score (nSPS) is 31.3. The second kappa shape index (κ2) is 4.39. The summed E-state index contributed by atoms with van der Waals surface area (Å²) in [6.45, 7) is 8.22. The fourth-order valence-electron chi connectivity index (χ4n) is 3.08. The van der Waals surface area contributed by atoms with Crippen molar-refractivity contribution in [2.24, 2.45) is 16.8 Å². The van der Waals surface area contributed by atoms with Gasteiger partial charge in [-0.25, -0.2) is 14.6 Å². The number of carbonyl (C=O) groups is 1. The summed E-state index contributed by atoms with van der Waals surface area (Å²) < 4.78 is 5.39. The number of carbonyl (C=O) groups excluding carboxylic acids is 2. The molecule has 0 aromatic rings. The standard InChI is InChI=1S/C13H20N2O3/c1-8(14-7-16)11-9-5-10(11)15(6-9)12(17)18-13(2,3)4/h8-11H,5-6H2,1-4H3/t8?,9-,10-,11?/m0/s1. The van der Waals surface area contributed by atoms with Crippen LogP contribution in [0.3, 0.4) is 0 Å². The Morgan fingerprint density at radius 3 is 2.72 bits per heavy atom. The van der Waals surface area contributed by atoms with Gasteiger partial charge in [-0.2, -0.15) is 0 Å². The summed E-state index contributed by atoms with van der Waals surface area (Å²) in [5.41, 5.74) is -0.466. The number of hydrogen-bond donors (Lipinski definition) is 0. The van der Waals surface area contributed by atoms with Crippen LogP contribution in [0.4, 0.5) is 4.79 Å². The zero-order valence-corrected chi connectivity index (χ0v) is 11.3. The van der Waals surface area contributed by atoms with Crippen molar-refractivity contribution >= 4 is 12.2 Å². The maximum atomic E-state index is 12.0. The van der Waals surface area contributed by atoms with E-state index in [1.165, 1.54) is 0 Å². The molecule has 2 heterocycles. The number of aliphatic imine (C=N–C) groups is 1. The van der Waals surface area contributed by atoms with Crippen molar-refractivity contribution in [3.05, 3.63) is 0 Å². The van der Waals surface area contributed by atoms with Crippen molar-refractivity contribution in [1.29, 1.82) is 0 Å². The zero-order valence-electron chi connectivity index (χ0n) is 11.3. The second-order valence-electron chi connectivity index (χ2n) is 6.23. The summed E-state index contributed by atoms with van der Waals surface area (Å²) in [7, 11) is 0. The summed E-state index contributed by atoms with van der Waals surface area (Å²) in [5.74, 6) is 0.744. The molecule has 0 spiro atoms. The Morgan fingerprint density at radius 2 is 2.17 bits per heavy atom. The van der Waals surface area contributed by atoms with E-state index in [2.05, 4.69) is 4.99 Å². The molecule has 3 rings (SSSR count). The Morgan fingerprint density at radius 1 is 1.50 bits per heavy atom. The van der Waals surface area contributed by atoms with E-state index in [1.807, 2.05) is 27.7 Å². The molecule has 2 unspecified atom stereocenters. The summed E-state index contributed by atoms with van der Waals surface area (Å²) in [6, 6.07) is 0.121. The van der Waals surface area contributed by atoms with Crippen molar-refractivity contribution in [3.63, 3.8) is 0 Å². The highest BCUT2D eigenvalue weighted by Gasteiger charge is 2.56. The van der Waals surface area contributed by atoms with E-state index in [-0.39, 0.29) is 18.2 Å². The molecule has 2 aliphatic heterocycles. The molecule has 0 radical (unpaired) electrons. The van der Waals surface area contributed by atoms with Gasteiger partial charge in [-0.3, -0.25) is 0 Å². The maximum absolute atomic E-state index is 12.0. The van der Waals surface area contributed by atoms with Crippen LogP contribution >= 0.6 is 0 Å². The number of isocyanates is 1. The zero-order chi connectivity index (χ0) is 13.5. The first-order valence-corrected chi connectivity index (χ1v) is 6.40. The predicted molar refractivity (Wildman–Crippen MR) is 65.9 cm³/mol. The summed E-state index contributed by atoms with van der Waals surface area (Å²) in [6.07, 6.45) is 2.36. The number of hydrogen-bond acceptors (Lipinski definition) is 4. The van der Waals surface area contributed by atoms with Gasteiger partial charge in [-0.1, -0.05) is 0 Å². The molecule has 18 heavy (non-hydrogen) atoms. The van der Waals surface area contributed by atoms with E-state index < -0.39 is 5.60 Å². The maximum Gasteiger partial charge on any atom is 0.410 e. The molecule has 100 valence electrons. The van der Waals surface area contributed by atoms with Crippen LogP contribution in [0.25, 0.3) is 0 Å². The second-order valence-corrected chi connectivity index (χ2v) is 6.23. The van der Waals surface area contributed by atoms with Crippen molar-refractivity contribution in [1.82, 2.24) is 4.90 Å². The van der Waals surface area contributed by atoms with Crippen LogP contribution in [0, 0.1) is 11.8 Å². The molecule has 5 nitrogen and oxygen atoms in total. The topological polar surface area (TPSA) is 59.0 Å². The summed E-state index contributed by atoms with van der Waals surface area (Å²) in [4.78, 5) is 27.9. The van der Waals surface area contributed by atoms with Crippen LogP contribution in [0.1, 0.15) is 34.1 Å². The number of amides is 1. The largest absolute Gasteiger partial charge is 0.444 e. The molecule has 3 fully saturated rings. The molecule has 5 heteroatoms. The van der Waals surface area contributed by atoms with E-state index in [1.54, 1.807) is 11.0 Å². The van der Waals surface area contributed by atoms with Crippen LogP contribution in [0.2, 0.25) is 0 Å². The van der Waals surface area contributed by atoms with Gasteiger partial charge >= 0.3 is 6.09 Å². The van der Waals surface area contributed by atoms with Gasteiger partial charge in [-0.05, 0) is 40.0 Å². The quantitative estimate of drug-likeness (QED) is 0.557. The first-order valence-electron chi connectivity index (χ1n) is 6.40. The van der Waals surface area contributed by atoms with E-state index in [9.17, 15) is 9.59 Å². The highest BCUT2D eigenvalue weighted by atomic mass is 16.6. The fourth-order valence-corrected chi connectivity index (χ4v) is 3.08. The smallest absolute Gasteiger partial charge is 0.410 e. The minimum absolute atomic E-state index is 0.0568. The highest BCUT2D eigenvalue weighted by Crippen LogP contribution is 2.49. The Kier molecular flexibility index (Phi) is 3.20. The molecule has 1 saturated carbocycles. The molecule has 3 aliphatic rings. The fraction of sp³-hybridized carbons (Fsp3) is 0.846. The third kappa shape index (κ3) is 2.27. The lowest BCUT2D eigenvalue weighted by atomic mass is 9.70. The minimum Gasteiger partial charge on any atom is -0.444 e. The summed E-state index contributed by atoms with van der Waals surface area (Å²) in [5, 5.41) is 0. The number of rotatable bonds is 2. The lowest BCUT2D eigenvalue weighted by molar-refractivity contribution is 0.0191. The van der Waals surface area contributed by atoms with Crippen LogP contribution < -0.4 is 0 Å². The molecule has 0 aromatic heterocycles. The average Bonchev–Trinajstić information content (AvgIpc) is 2.71. The Balaban J connectivity index is 1.99. The van der Waals surface area contributed by atoms with Crippen LogP contribution in [-0.4, -0.2) is 41.3 Å². The van der Waals surface area contributed by atoms with E-state index >= 15 is 0 Å². The van der Waals surface area contributed by atoms with Crippen LogP contribution in [-0.2, 0) is 9.53 Å². The van der Waals surface area contributed by atoms with Crippen molar-refractivity contribution in [2.45, 2.75) is 51.8 Å². The molecule has 4 atom stereocenters. The first kappa shape index (κ1) is 13.1. The molecule has 0 aromatic carbocycles. The average molecular weight is 252 g/mol. The number of ether oxygens (including phenoxy) is 1. The van der Waals surface area contributed by atoms with Crippen molar-refractivity contribution in [2.75, 3.05) is 6.54 Å². The van der Waals surface area contributed by atoms with E-state index in [0.717, 1.165) is 13.0 Å². The van der Waals surface area contributed by atoms with Gasteiger partial charge in [0.05, 0.1) is 6.04 Å². The SMILES string of the molecule is CC(N=C=O)C1[C@H]2C[C@@H]1N(C(=O)OC(C)(C)C)C2. The van der Waals surface area contributed by atoms with Gasteiger partial charge in [0.15, 0.2) is 0 Å². The molecular weight excluding hydrogens is 232 g/mol. The van der Waals surface area contributed by atoms with Gasteiger partial charge in [0, 0.05) is 18.5 Å². The Bertz CT molecular complexity index is 396. The minimum atomic E-state index is -0.466. The molecule has 0 N–H and O–H groups in total. The van der Waals surface area contributed by atoms with Gasteiger partial charge in [0.25, 0.3) is 0 Å². The van der Waals surface area contributed by atoms with Crippen LogP contribution in [0.15, 0.2) is 4.99 Å². The lowest BCUT2D eigenvalue weighted by Gasteiger charge is -2.38. The van der Waals surface area contributed by atoms with Gasteiger partial charge in [0.1, 0.15) is 5.60 Å². The highest BCUT2D eigenvalue weighted by molar-refractivity contribution is 5.69. The summed E-state index contributed by atoms with van der Waals surface area (Å²) >= 11 is 0. The van der Waals surface area contributed by atoms with Gasteiger partial charge in [-0.15, -0.1) is 0 Å². The number of nitrogens with zero attached hydrogens (tertiary/aromatic N) is 2. The van der Waals surface area contributed by atoms with E-state index in [0.29, 0.717) is 11.8 Å². The Hall–Kier alpha value is -1.35. The third-order valence-corrected chi connectivity index (χ3v) is 3.81. The lowest BCUT2D eigenvalue weighted by Crippen LogP contribution is -2.46. The predicted octanol–water partition coefficient (Wildman–Crippen LogP) is 1.97. The van der Waals surface area contributed by atoms with Gasteiger partial charge < -0.3 is 9.64 Å². The van der Waals surface area contributed by atoms with Crippen molar-refractivity contribution < 1.29 is 14.3 Å². The number of fused-ring (bicyclic) bond motifs is 1. The van der Waals surface area contributed by atoms with Gasteiger partial charge in [0.2, 0.25) is 6.08 Å². The monoisotopic (exact) mass is 252 g/mol. The molecule has 1 amide bonds. The molecule has 2 saturated heterocycles. The molecular formula is C13H20N2O3. The molecule has 2 bridgehead atoms. The van der Waals surface area contributed by atoms with Crippen LogP contribution in [0.5, 0.6) is 0 Å². The first-order chi connectivity index (χ1) is 8.33. The van der Waals surface area contributed by atoms with E-state index in [4.69, 9.17) is 4.74 Å². The molecule has 1 aliphatic carbocycles. The van der Waals surface area contributed by atoms with Crippen molar-refractivity contribution in [3.8, 4) is 0 Å². The Labute approximate surface area is 107 Å².